The molecule has 0 fully saturated rings. The third-order valence-electron chi connectivity index (χ3n) is 4.17. The molecule has 3 aromatic heterocycles. The number of hydrogen-bond donors (Lipinski definition) is 0. The number of pyridine rings is 1. The van der Waals surface area contributed by atoms with Crippen molar-refractivity contribution in [3.63, 3.8) is 0 Å². The predicted octanol–water partition coefficient (Wildman–Crippen LogP) is 6.04. The summed E-state index contributed by atoms with van der Waals surface area (Å²) in [6, 6.07) is 11.6. The van der Waals surface area contributed by atoms with Crippen LogP contribution in [0.2, 0.25) is 4.34 Å². The Balaban J connectivity index is 1.73. The Hall–Kier alpha value is -2.69. The van der Waals surface area contributed by atoms with Crippen molar-refractivity contribution in [3.8, 4) is 17.1 Å². The van der Waals surface area contributed by atoms with Crippen molar-refractivity contribution in [2.45, 2.75) is 11.3 Å². The van der Waals surface area contributed by atoms with Crippen LogP contribution in [0.3, 0.4) is 0 Å². The van der Waals surface area contributed by atoms with Crippen LogP contribution in [0.15, 0.2) is 66.1 Å². The number of aromatic nitrogens is 4. The maximum atomic E-state index is 13.3. The zero-order valence-corrected chi connectivity index (χ0v) is 17.9. The molecular weight excluding hydrogens is 469 g/mol. The summed E-state index contributed by atoms with van der Waals surface area (Å²) in [5.41, 5.74) is 0.0134. The van der Waals surface area contributed by atoms with Crippen molar-refractivity contribution in [2.24, 2.45) is 0 Å². The molecule has 0 aliphatic carbocycles. The first-order chi connectivity index (χ1) is 14.8. The van der Waals surface area contributed by atoms with Crippen LogP contribution in [0.1, 0.15) is 15.2 Å². The highest BCUT2D eigenvalue weighted by Gasteiger charge is 2.31. The van der Waals surface area contributed by atoms with Crippen molar-refractivity contribution in [1.82, 2.24) is 19.7 Å². The lowest BCUT2D eigenvalue weighted by Crippen LogP contribution is -2.08. The van der Waals surface area contributed by atoms with Crippen LogP contribution in [-0.2, 0) is 6.18 Å². The van der Waals surface area contributed by atoms with Gasteiger partial charge in [-0.25, -0.2) is 0 Å². The van der Waals surface area contributed by atoms with Crippen molar-refractivity contribution >= 4 is 40.5 Å². The molecule has 4 rings (SSSR count). The van der Waals surface area contributed by atoms with Crippen LogP contribution in [0.4, 0.5) is 13.2 Å². The maximum Gasteiger partial charge on any atom is 0.416 e. The van der Waals surface area contributed by atoms with Crippen LogP contribution >= 0.6 is 34.7 Å². The molecule has 0 radical (unpaired) electrons. The van der Waals surface area contributed by atoms with E-state index in [-0.39, 0.29) is 22.4 Å². The normalized spacial score (nSPS) is 11.6. The molecule has 1 aromatic carbocycles. The molecule has 0 spiro atoms. The Morgan fingerprint density at radius 1 is 1.13 bits per heavy atom. The number of Topliss-reactive ketones (excluding diaryl/α,β-unsaturated/α-hetero) is 1. The molecule has 5 nitrogen and oxygen atoms in total. The highest BCUT2D eigenvalue weighted by molar-refractivity contribution is 7.99. The Bertz CT molecular complexity index is 1220. The number of hydrogen-bond acceptors (Lipinski definition) is 6. The van der Waals surface area contributed by atoms with Gasteiger partial charge in [-0.2, -0.15) is 13.2 Å². The molecule has 0 aliphatic heterocycles. The number of thiophene rings is 1. The van der Waals surface area contributed by atoms with Crippen molar-refractivity contribution in [1.29, 1.82) is 0 Å². The largest absolute Gasteiger partial charge is 0.416 e. The van der Waals surface area contributed by atoms with E-state index >= 15 is 0 Å². The van der Waals surface area contributed by atoms with E-state index in [9.17, 15) is 18.0 Å². The third kappa shape index (κ3) is 4.81. The standard InChI is InChI=1S/C20H12ClF3N4OS2/c21-17-7-6-16(31-17)15(29)11-30-19-27-26-18(12-3-2-8-25-10-12)28(19)14-5-1-4-13(9-14)20(22,23)24/h1-10H,11H2. The van der Waals surface area contributed by atoms with E-state index in [0.717, 1.165) is 35.2 Å². The number of nitrogens with zero attached hydrogens (tertiary/aromatic N) is 4. The van der Waals surface area contributed by atoms with E-state index in [1.165, 1.54) is 16.7 Å². The fraction of sp³-hybridized carbons (Fsp3) is 0.100. The van der Waals surface area contributed by atoms with Crippen LogP contribution in [-0.4, -0.2) is 31.3 Å². The lowest BCUT2D eigenvalue weighted by Gasteiger charge is -2.13. The Labute approximate surface area is 187 Å². The van der Waals surface area contributed by atoms with Crippen LogP contribution < -0.4 is 0 Å². The molecule has 11 heteroatoms. The molecule has 0 saturated carbocycles. The molecule has 0 bridgehead atoms. The van der Waals surface area contributed by atoms with E-state index in [4.69, 9.17) is 11.6 Å². The SMILES string of the molecule is O=C(CSc1nnc(-c2cccnc2)n1-c1cccc(C(F)(F)F)c1)c1ccc(Cl)s1. The maximum absolute atomic E-state index is 13.3. The Morgan fingerprint density at radius 2 is 1.97 bits per heavy atom. The smallest absolute Gasteiger partial charge is 0.292 e. The van der Waals surface area contributed by atoms with Crippen LogP contribution in [0.5, 0.6) is 0 Å². The van der Waals surface area contributed by atoms with Gasteiger partial charge in [-0.05, 0) is 42.5 Å². The van der Waals surface area contributed by atoms with E-state index < -0.39 is 11.7 Å². The van der Waals surface area contributed by atoms with Gasteiger partial charge in [0.2, 0.25) is 0 Å². The van der Waals surface area contributed by atoms with Gasteiger partial charge in [0.25, 0.3) is 0 Å². The van der Waals surface area contributed by atoms with E-state index in [2.05, 4.69) is 15.2 Å². The Morgan fingerprint density at radius 3 is 2.65 bits per heavy atom. The third-order valence-corrected chi connectivity index (χ3v) is 6.37. The van der Waals surface area contributed by atoms with Gasteiger partial charge in [-0.3, -0.25) is 14.3 Å². The number of carbonyl (C=O) groups excluding carboxylic acids is 1. The molecule has 158 valence electrons. The molecule has 4 aromatic rings. The molecule has 31 heavy (non-hydrogen) atoms. The quantitative estimate of drug-likeness (QED) is 0.249. The average molecular weight is 481 g/mol. The summed E-state index contributed by atoms with van der Waals surface area (Å²) in [6.45, 7) is 0. The molecule has 0 atom stereocenters. The number of carbonyl (C=O) groups is 1. The molecular formula is C20H12ClF3N4OS2. The summed E-state index contributed by atoms with van der Waals surface area (Å²) in [4.78, 5) is 17.0. The van der Waals surface area contributed by atoms with Crippen molar-refractivity contribution in [3.05, 3.63) is 75.7 Å². The minimum atomic E-state index is -4.50. The first-order valence-electron chi connectivity index (χ1n) is 8.78. The monoisotopic (exact) mass is 480 g/mol. The molecule has 0 N–H and O–H groups in total. The van der Waals surface area contributed by atoms with Gasteiger partial charge in [0.15, 0.2) is 16.8 Å². The summed E-state index contributed by atoms with van der Waals surface area (Å²) >= 11 is 8.13. The number of thioether (sulfide) groups is 1. The molecule has 3 heterocycles. The zero-order valence-electron chi connectivity index (χ0n) is 15.5. The fourth-order valence-corrected chi connectivity index (χ4v) is 4.67. The first kappa shape index (κ1) is 21.5. The summed E-state index contributed by atoms with van der Waals surface area (Å²) in [5, 5.41) is 8.56. The fourth-order valence-electron chi connectivity index (χ4n) is 2.76. The van der Waals surface area contributed by atoms with Gasteiger partial charge in [0, 0.05) is 18.0 Å². The lowest BCUT2D eigenvalue weighted by molar-refractivity contribution is -0.137. The topological polar surface area (TPSA) is 60.7 Å². The minimum Gasteiger partial charge on any atom is -0.292 e. The average Bonchev–Trinajstić information content (AvgIpc) is 3.38. The number of halogens is 4. The number of ketones is 1. The first-order valence-corrected chi connectivity index (χ1v) is 11.0. The van der Waals surface area contributed by atoms with Gasteiger partial charge < -0.3 is 0 Å². The van der Waals surface area contributed by atoms with Crippen molar-refractivity contribution in [2.75, 3.05) is 5.75 Å². The van der Waals surface area contributed by atoms with Gasteiger partial charge in [-0.15, -0.1) is 21.5 Å². The number of alkyl halides is 3. The highest BCUT2D eigenvalue weighted by Crippen LogP contribution is 2.33. The molecule has 0 amide bonds. The summed E-state index contributed by atoms with van der Waals surface area (Å²) in [7, 11) is 0. The predicted molar refractivity (Wildman–Crippen MR) is 114 cm³/mol. The highest BCUT2D eigenvalue weighted by atomic mass is 35.5. The van der Waals surface area contributed by atoms with Crippen LogP contribution in [0.25, 0.3) is 17.1 Å². The van der Waals surface area contributed by atoms with Gasteiger partial charge in [0.05, 0.1) is 26.2 Å². The molecule has 0 aliphatic rings. The minimum absolute atomic E-state index is 0.0287. The lowest BCUT2D eigenvalue weighted by atomic mass is 10.2. The second kappa shape index (κ2) is 8.81. The van der Waals surface area contributed by atoms with E-state index in [1.54, 1.807) is 36.7 Å². The summed E-state index contributed by atoms with van der Waals surface area (Å²) < 4.78 is 41.8. The summed E-state index contributed by atoms with van der Waals surface area (Å²) in [5.74, 6) is 0.186. The van der Waals surface area contributed by atoms with Gasteiger partial charge in [0.1, 0.15) is 0 Å². The number of benzene rings is 1. The second-order valence-electron chi connectivity index (χ2n) is 6.25. The van der Waals surface area contributed by atoms with Gasteiger partial charge >= 0.3 is 6.18 Å². The van der Waals surface area contributed by atoms with E-state index in [1.807, 2.05) is 0 Å². The second-order valence-corrected chi connectivity index (χ2v) is 8.90. The Kier molecular flexibility index (Phi) is 6.12. The zero-order chi connectivity index (χ0) is 22.0. The summed E-state index contributed by atoms with van der Waals surface area (Å²) in [6.07, 6.45) is -1.38. The number of rotatable bonds is 6. The molecule has 0 saturated heterocycles. The van der Waals surface area contributed by atoms with Crippen LogP contribution in [0, 0.1) is 0 Å². The van der Waals surface area contributed by atoms with Gasteiger partial charge in [-0.1, -0.05) is 29.4 Å². The van der Waals surface area contributed by atoms with E-state index in [0.29, 0.717) is 20.6 Å². The molecule has 0 unspecified atom stereocenters. The van der Waals surface area contributed by atoms with Crippen molar-refractivity contribution < 1.29 is 18.0 Å².